The van der Waals surface area contributed by atoms with Crippen molar-refractivity contribution in [3.63, 3.8) is 0 Å². The Hall–Kier alpha value is -4.15. The Labute approximate surface area is 217 Å². The summed E-state index contributed by atoms with van der Waals surface area (Å²) < 4.78 is 36.0. The molecule has 1 unspecified atom stereocenters. The molecular formula is C27H24N2O7S. The molecule has 0 aliphatic carbocycles. The zero-order chi connectivity index (χ0) is 26.2. The molecule has 3 aromatic carbocycles. The van der Waals surface area contributed by atoms with Crippen LogP contribution in [0.15, 0.2) is 60.2 Å². The van der Waals surface area contributed by atoms with Gasteiger partial charge < -0.3 is 28.8 Å². The largest absolute Gasteiger partial charge is 0.497 e. The van der Waals surface area contributed by atoms with E-state index >= 15 is 0 Å². The third-order valence-electron chi connectivity index (χ3n) is 6.27. The Balaban J connectivity index is 1.74. The van der Waals surface area contributed by atoms with Crippen LogP contribution in [0.3, 0.4) is 0 Å². The lowest BCUT2D eigenvalue weighted by Gasteiger charge is -2.27. The van der Waals surface area contributed by atoms with Crippen LogP contribution in [0.2, 0.25) is 0 Å². The molecule has 1 N–H and O–H groups in total. The summed E-state index contributed by atoms with van der Waals surface area (Å²) >= 11 is 1.09. The van der Waals surface area contributed by atoms with Gasteiger partial charge in [-0.1, -0.05) is 18.2 Å². The summed E-state index contributed by atoms with van der Waals surface area (Å²) in [6, 6.07) is 15.9. The molecule has 190 valence electrons. The Morgan fingerprint density at radius 2 is 1.62 bits per heavy atom. The van der Waals surface area contributed by atoms with Crippen LogP contribution >= 0.6 is 11.7 Å². The highest BCUT2D eigenvalue weighted by atomic mass is 32.1. The first-order chi connectivity index (χ1) is 17.9. The number of nitrogens with zero attached hydrogens (tertiary/aromatic N) is 2. The maximum atomic E-state index is 13.4. The zero-order valence-corrected chi connectivity index (χ0v) is 21.4. The number of aliphatic hydroxyl groups is 1. The minimum absolute atomic E-state index is 0.193. The number of hydrogen-bond donors (Lipinski definition) is 1. The van der Waals surface area contributed by atoms with E-state index in [0.717, 1.165) is 22.8 Å². The van der Waals surface area contributed by atoms with Crippen molar-refractivity contribution in [2.24, 2.45) is 0 Å². The van der Waals surface area contributed by atoms with E-state index in [1.165, 1.54) is 21.3 Å². The molecule has 2 heterocycles. The Bertz CT molecular complexity index is 1510. The lowest BCUT2D eigenvalue weighted by Crippen LogP contribution is -2.30. The van der Waals surface area contributed by atoms with Crippen molar-refractivity contribution in [1.29, 1.82) is 0 Å². The fourth-order valence-corrected chi connectivity index (χ4v) is 4.99. The number of hydrogen-bond acceptors (Lipinski definition) is 10. The molecule has 1 aliphatic heterocycles. The number of rotatable bonds is 8. The number of cyclic esters (lactones) is 1. The second kappa shape index (κ2) is 9.72. The van der Waals surface area contributed by atoms with Gasteiger partial charge in [0.2, 0.25) is 5.75 Å². The summed E-state index contributed by atoms with van der Waals surface area (Å²) in [6.45, 7) is 0. The van der Waals surface area contributed by atoms with Crippen LogP contribution in [0.1, 0.15) is 16.7 Å². The molecule has 0 fully saturated rings. The molecule has 0 saturated carbocycles. The average Bonchev–Trinajstić information content (AvgIpc) is 3.49. The summed E-state index contributed by atoms with van der Waals surface area (Å²) in [4.78, 5) is 13.4. The predicted octanol–water partition coefficient (Wildman–Crippen LogP) is 4.12. The molecule has 5 rings (SSSR count). The van der Waals surface area contributed by atoms with E-state index in [9.17, 15) is 9.90 Å². The monoisotopic (exact) mass is 520 g/mol. The molecule has 0 bridgehead atoms. The minimum Gasteiger partial charge on any atom is -0.497 e. The number of esters is 1. The van der Waals surface area contributed by atoms with Crippen LogP contribution in [0.4, 0.5) is 0 Å². The first kappa shape index (κ1) is 24.5. The highest BCUT2D eigenvalue weighted by Gasteiger charge is 2.49. The van der Waals surface area contributed by atoms with Gasteiger partial charge in [0.15, 0.2) is 11.5 Å². The molecule has 0 radical (unpaired) electrons. The van der Waals surface area contributed by atoms with Crippen molar-refractivity contribution >= 4 is 34.3 Å². The Kier molecular flexibility index (Phi) is 6.45. The van der Waals surface area contributed by atoms with Crippen molar-refractivity contribution < 1.29 is 33.6 Å². The molecule has 0 saturated heterocycles. The first-order valence-corrected chi connectivity index (χ1v) is 12.0. The van der Waals surface area contributed by atoms with Gasteiger partial charge in [-0.2, -0.15) is 8.75 Å². The quantitative estimate of drug-likeness (QED) is 0.343. The molecule has 10 heteroatoms. The summed E-state index contributed by atoms with van der Waals surface area (Å²) in [6.07, 6.45) is 0.193. The number of ether oxygens (including phenoxy) is 5. The van der Waals surface area contributed by atoms with E-state index in [2.05, 4.69) is 8.75 Å². The first-order valence-electron chi connectivity index (χ1n) is 11.3. The van der Waals surface area contributed by atoms with Crippen molar-refractivity contribution in [3.8, 4) is 23.0 Å². The Morgan fingerprint density at radius 1 is 0.892 bits per heavy atom. The van der Waals surface area contributed by atoms with Crippen molar-refractivity contribution in [3.05, 3.63) is 76.9 Å². The number of methoxy groups -OCH3 is 4. The van der Waals surface area contributed by atoms with E-state index < -0.39 is 11.8 Å². The molecule has 37 heavy (non-hydrogen) atoms. The SMILES string of the molecule is COc1cccc(CC2=C(c3ccc4nsnc4c3)C(=O)OC2(O)c2cc(OC)c(OC)c(OC)c2)c1. The van der Waals surface area contributed by atoms with Crippen LogP contribution in [0, 0.1) is 0 Å². The third-order valence-corrected chi connectivity index (χ3v) is 6.83. The van der Waals surface area contributed by atoms with Crippen LogP contribution in [-0.4, -0.2) is 48.3 Å². The van der Waals surface area contributed by atoms with Crippen LogP contribution in [-0.2, 0) is 21.7 Å². The number of aromatic nitrogens is 2. The maximum absolute atomic E-state index is 13.4. The number of benzene rings is 3. The van der Waals surface area contributed by atoms with E-state index in [4.69, 9.17) is 23.7 Å². The van der Waals surface area contributed by atoms with E-state index in [0.29, 0.717) is 39.7 Å². The molecule has 0 amide bonds. The van der Waals surface area contributed by atoms with Crippen LogP contribution < -0.4 is 18.9 Å². The highest BCUT2D eigenvalue weighted by molar-refractivity contribution is 7.00. The van der Waals surface area contributed by atoms with Gasteiger partial charge in [-0.3, -0.25) is 0 Å². The van der Waals surface area contributed by atoms with Crippen LogP contribution in [0.25, 0.3) is 16.6 Å². The zero-order valence-electron chi connectivity index (χ0n) is 20.6. The molecule has 4 aromatic rings. The number of carbonyl (C=O) groups excluding carboxylic acids is 1. The highest BCUT2D eigenvalue weighted by Crippen LogP contribution is 2.49. The van der Waals surface area contributed by atoms with Crippen molar-refractivity contribution in [2.45, 2.75) is 12.2 Å². The topological polar surface area (TPSA) is 109 Å². The summed E-state index contributed by atoms with van der Waals surface area (Å²) in [5.74, 6) is -1.16. The standard InChI is InChI=1S/C27H24N2O7S/c1-32-18-7-5-6-15(10-18)11-19-24(16-8-9-20-21(12-16)29-37-28-20)26(30)36-27(19,31)17-13-22(33-2)25(35-4)23(14-17)34-3/h5-10,12-14,31H,11H2,1-4H3. The van der Waals surface area contributed by atoms with Crippen LogP contribution in [0.5, 0.6) is 23.0 Å². The van der Waals surface area contributed by atoms with Gasteiger partial charge in [-0.05, 0) is 47.5 Å². The molecular weight excluding hydrogens is 496 g/mol. The summed E-state index contributed by atoms with van der Waals surface area (Å²) in [5.41, 5.74) is 3.58. The average molecular weight is 521 g/mol. The van der Waals surface area contributed by atoms with Gasteiger partial charge in [0.05, 0.1) is 45.7 Å². The van der Waals surface area contributed by atoms with E-state index in [1.54, 1.807) is 37.4 Å². The van der Waals surface area contributed by atoms with Gasteiger partial charge in [0, 0.05) is 17.6 Å². The van der Waals surface area contributed by atoms with E-state index in [1.807, 2.05) is 24.3 Å². The molecule has 9 nitrogen and oxygen atoms in total. The third kappa shape index (κ3) is 4.24. The molecule has 1 atom stereocenters. The van der Waals surface area contributed by atoms with Gasteiger partial charge in [-0.15, -0.1) is 0 Å². The molecule has 0 spiro atoms. The maximum Gasteiger partial charge on any atom is 0.342 e. The smallest absolute Gasteiger partial charge is 0.342 e. The van der Waals surface area contributed by atoms with Gasteiger partial charge in [0.1, 0.15) is 16.8 Å². The summed E-state index contributed by atoms with van der Waals surface area (Å²) in [5, 5.41) is 12.1. The van der Waals surface area contributed by atoms with Gasteiger partial charge >= 0.3 is 5.97 Å². The molecule has 1 aromatic heterocycles. The lowest BCUT2D eigenvalue weighted by molar-refractivity contribution is -0.185. The summed E-state index contributed by atoms with van der Waals surface area (Å²) in [7, 11) is 6.01. The second-order valence-electron chi connectivity index (χ2n) is 8.30. The predicted molar refractivity (Wildman–Crippen MR) is 137 cm³/mol. The number of fused-ring (bicyclic) bond motifs is 1. The normalized spacial score (nSPS) is 17.2. The minimum atomic E-state index is -2.11. The fraction of sp³-hybridized carbons (Fsp3) is 0.222. The molecule has 1 aliphatic rings. The van der Waals surface area contributed by atoms with Gasteiger partial charge in [-0.25, -0.2) is 4.79 Å². The van der Waals surface area contributed by atoms with Crippen molar-refractivity contribution in [1.82, 2.24) is 8.75 Å². The second-order valence-corrected chi connectivity index (χ2v) is 8.83. The lowest BCUT2D eigenvalue weighted by atomic mass is 9.87. The van der Waals surface area contributed by atoms with E-state index in [-0.39, 0.29) is 17.6 Å². The van der Waals surface area contributed by atoms with Gasteiger partial charge in [0.25, 0.3) is 5.79 Å². The fourth-order valence-electron chi connectivity index (χ4n) is 4.47. The Morgan fingerprint density at radius 3 is 2.30 bits per heavy atom. The number of carbonyl (C=O) groups is 1. The van der Waals surface area contributed by atoms with Crippen molar-refractivity contribution in [2.75, 3.05) is 28.4 Å².